The molecule has 2 saturated carbocycles. The molecule has 0 spiro atoms. The maximum atomic E-state index is 6.09. The van der Waals surface area contributed by atoms with Crippen molar-refractivity contribution in [2.75, 3.05) is 0 Å². The molecule has 1 aromatic rings. The zero-order valence-corrected chi connectivity index (χ0v) is 10.7. The molecule has 2 aliphatic carbocycles. The molecule has 2 aliphatic rings. The zero-order valence-electron chi connectivity index (χ0n) is 9.20. The summed E-state index contributed by atoms with van der Waals surface area (Å²) in [6.07, 6.45) is 5.08. The van der Waals surface area contributed by atoms with Crippen molar-refractivity contribution in [3.63, 3.8) is 0 Å². The lowest BCUT2D eigenvalue weighted by molar-refractivity contribution is 0.324. The summed E-state index contributed by atoms with van der Waals surface area (Å²) in [7, 11) is 0. The molecule has 16 heavy (non-hydrogen) atoms. The maximum Gasteiger partial charge on any atom is 0.110 e. The lowest BCUT2D eigenvalue weighted by atomic mass is 9.78. The van der Waals surface area contributed by atoms with Crippen molar-refractivity contribution in [2.45, 2.75) is 35.9 Å². The molecule has 0 unspecified atom stereocenters. The van der Waals surface area contributed by atoms with E-state index in [0.717, 1.165) is 5.92 Å². The first-order valence-electron chi connectivity index (χ1n) is 6.08. The average Bonchev–Trinajstić information content (AvgIpc) is 3.05. The van der Waals surface area contributed by atoms with Crippen LogP contribution in [0.15, 0.2) is 30.3 Å². The Bertz CT molecular complexity index is 374. The number of halogens is 2. The molecule has 0 amide bonds. The number of benzene rings is 1. The van der Waals surface area contributed by atoms with Gasteiger partial charge in [-0.3, -0.25) is 0 Å². The van der Waals surface area contributed by atoms with Gasteiger partial charge in [-0.15, -0.1) is 23.2 Å². The molecule has 86 valence electrons. The Balaban J connectivity index is 1.87. The van der Waals surface area contributed by atoms with E-state index in [1.54, 1.807) is 0 Å². The molecule has 0 aliphatic heterocycles. The molecule has 2 fully saturated rings. The van der Waals surface area contributed by atoms with Gasteiger partial charge in [-0.1, -0.05) is 36.8 Å². The molecule has 3 rings (SSSR count). The molecule has 0 aromatic heterocycles. The number of fused-ring (bicyclic) bond motifs is 1. The zero-order chi connectivity index (χ0) is 11.2. The Labute approximate surface area is 107 Å². The van der Waals surface area contributed by atoms with Gasteiger partial charge in [0.05, 0.1) is 0 Å². The molecular formula is C14H16Cl2. The van der Waals surface area contributed by atoms with Gasteiger partial charge in [-0.25, -0.2) is 0 Å². The largest absolute Gasteiger partial charge is 0.110 e. The smallest absolute Gasteiger partial charge is 0.105 e. The topological polar surface area (TPSA) is 0 Å². The Morgan fingerprint density at radius 1 is 1.19 bits per heavy atom. The molecule has 0 N–H and O–H groups in total. The van der Waals surface area contributed by atoms with E-state index >= 15 is 0 Å². The summed E-state index contributed by atoms with van der Waals surface area (Å²) in [6.45, 7) is 0. The summed E-state index contributed by atoms with van der Waals surface area (Å²) in [5.74, 6) is 1.24. The van der Waals surface area contributed by atoms with E-state index in [2.05, 4.69) is 30.3 Å². The Morgan fingerprint density at radius 2 is 1.94 bits per heavy atom. The van der Waals surface area contributed by atoms with E-state index in [9.17, 15) is 0 Å². The van der Waals surface area contributed by atoms with Gasteiger partial charge in [-0.05, 0) is 42.1 Å². The first-order valence-corrected chi connectivity index (χ1v) is 6.95. The van der Waals surface area contributed by atoms with E-state index in [1.165, 1.54) is 31.2 Å². The minimum Gasteiger partial charge on any atom is -0.105 e. The van der Waals surface area contributed by atoms with Crippen LogP contribution in [0, 0.1) is 11.8 Å². The number of hydrogen-bond donors (Lipinski definition) is 0. The summed E-state index contributed by atoms with van der Waals surface area (Å²) >= 11 is 12.2. The molecule has 0 saturated heterocycles. The van der Waals surface area contributed by atoms with Gasteiger partial charge in [0, 0.05) is 0 Å². The quantitative estimate of drug-likeness (QED) is 0.680. The Hall–Kier alpha value is -0.200. The fraction of sp³-hybridized carbons (Fsp3) is 0.571. The number of rotatable bonds is 2. The predicted octanol–water partition coefficient (Wildman–Crippen LogP) is 4.55. The van der Waals surface area contributed by atoms with Crippen molar-refractivity contribution in [1.29, 1.82) is 0 Å². The van der Waals surface area contributed by atoms with Crippen LogP contribution < -0.4 is 0 Å². The average molecular weight is 255 g/mol. The third kappa shape index (κ3) is 1.58. The van der Waals surface area contributed by atoms with Crippen LogP contribution in [0.3, 0.4) is 0 Å². The molecule has 0 bridgehead atoms. The molecule has 0 nitrogen and oxygen atoms in total. The van der Waals surface area contributed by atoms with E-state index in [1.807, 2.05) is 0 Å². The van der Waals surface area contributed by atoms with Gasteiger partial charge in [0.1, 0.15) is 4.84 Å². The molecule has 0 radical (unpaired) electrons. The highest BCUT2D eigenvalue weighted by molar-refractivity contribution is 6.44. The van der Waals surface area contributed by atoms with E-state index in [4.69, 9.17) is 23.2 Å². The molecule has 1 aromatic carbocycles. The van der Waals surface area contributed by atoms with Gasteiger partial charge in [0.2, 0.25) is 0 Å². The van der Waals surface area contributed by atoms with E-state index in [0.29, 0.717) is 11.3 Å². The van der Waals surface area contributed by atoms with Crippen LogP contribution >= 0.6 is 23.2 Å². The summed E-state index contributed by atoms with van der Waals surface area (Å²) in [5.41, 5.74) is 1.92. The minimum absolute atomic E-state index is 0.184. The van der Waals surface area contributed by atoms with E-state index in [-0.39, 0.29) is 4.84 Å². The van der Waals surface area contributed by atoms with Crippen molar-refractivity contribution in [3.8, 4) is 0 Å². The second-order valence-corrected chi connectivity index (χ2v) is 6.39. The lowest BCUT2D eigenvalue weighted by Gasteiger charge is -2.29. The SMILES string of the molecule is ClC(Cl)[C@H]1CCC[C@@]2(c3ccccc3)C[C@H]12. The number of hydrogen-bond acceptors (Lipinski definition) is 0. The third-order valence-electron chi connectivity index (χ3n) is 4.48. The fourth-order valence-corrected chi connectivity index (χ4v) is 4.19. The van der Waals surface area contributed by atoms with Crippen LogP contribution in [0.1, 0.15) is 31.2 Å². The van der Waals surface area contributed by atoms with Gasteiger partial charge < -0.3 is 0 Å². The van der Waals surface area contributed by atoms with Gasteiger partial charge in [0.15, 0.2) is 0 Å². The molecule has 2 heteroatoms. The van der Waals surface area contributed by atoms with Crippen molar-refractivity contribution in [2.24, 2.45) is 11.8 Å². The summed E-state index contributed by atoms with van der Waals surface area (Å²) in [5, 5.41) is 0. The monoisotopic (exact) mass is 254 g/mol. The second kappa shape index (κ2) is 3.92. The summed E-state index contributed by atoms with van der Waals surface area (Å²) < 4.78 is 0. The van der Waals surface area contributed by atoms with Crippen LogP contribution in [-0.2, 0) is 5.41 Å². The first kappa shape index (κ1) is 10.9. The maximum absolute atomic E-state index is 6.09. The number of alkyl halides is 2. The van der Waals surface area contributed by atoms with Crippen LogP contribution in [0.5, 0.6) is 0 Å². The van der Waals surface area contributed by atoms with Crippen LogP contribution in [0.25, 0.3) is 0 Å². The molecule has 3 atom stereocenters. The van der Waals surface area contributed by atoms with Crippen molar-refractivity contribution >= 4 is 23.2 Å². The van der Waals surface area contributed by atoms with Crippen molar-refractivity contribution < 1.29 is 0 Å². The van der Waals surface area contributed by atoms with Crippen LogP contribution in [0.4, 0.5) is 0 Å². The van der Waals surface area contributed by atoms with Crippen molar-refractivity contribution in [3.05, 3.63) is 35.9 Å². The van der Waals surface area contributed by atoms with Crippen LogP contribution in [0.2, 0.25) is 0 Å². The third-order valence-corrected chi connectivity index (χ3v) is 5.13. The van der Waals surface area contributed by atoms with Crippen molar-refractivity contribution in [1.82, 2.24) is 0 Å². The van der Waals surface area contributed by atoms with Gasteiger partial charge >= 0.3 is 0 Å². The predicted molar refractivity (Wildman–Crippen MR) is 69.1 cm³/mol. The summed E-state index contributed by atoms with van der Waals surface area (Å²) in [4.78, 5) is -0.184. The fourth-order valence-electron chi connectivity index (χ4n) is 3.58. The second-order valence-electron chi connectivity index (χ2n) is 5.22. The Morgan fingerprint density at radius 3 is 2.62 bits per heavy atom. The normalized spacial score (nSPS) is 37.2. The minimum atomic E-state index is -0.184. The standard InChI is InChI=1S/C14H16Cl2/c15-13(16)11-7-4-8-14(9-12(11)14)10-5-2-1-3-6-10/h1-3,5-6,11-13H,4,7-9H2/t11-,12+,14-/m0/s1. The Kier molecular flexibility index (Phi) is 2.68. The highest BCUT2D eigenvalue weighted by Crippen LogP contribution is 2.65. The first-order chi connectivity index (χ1) is 7.74. The van der Waals surface area contributed by atoms with Gasteiger partial charge in [-0.2, -0.15) is 0 Å². The van der Waals surface area contributed by atoms with Gasteiger partial charge in [0.25, 0.3) is 0 Å². The highest BCUT2D eigenvalue weighted by atomic mass is 35.5. The molecule has 0 heterocycles. The highest BCUT2D eigenvalue weighted by Gasteiger charge is 2.60. The lowest BCUT2D eigenvalue weighted by Crippen LogP contribution is -2.24. The van der Waals surface area contributed by atoms with Crippen LogP contribution in [-0.4, -0.2) is 4.84 Å². The molecular weight excluding hydrogens is 239 g/mol. The summed E-state index contributed by atoms with van der Waals surface area (Å²) in [6, 6.07) is 10.9. The van der Waals surface area contributed by atoms with E-state index < -0.39 is 0 Å².